The van der Waals surface area contributed by atoms with E-state index < -0.39 is 36.3 Å². The molecule has 1 rings (SSSR count). The van der Waals surface area contributed by atoms with Gasteiger partial charge in [0.05, 0.1) is 12.1 Å². The number of halogens is 2. The molecule has 0 aliphatic rings. The van der Waals surface area contributed by atoms with E-state index in [-0.39, 0.29) is 6.61 Å². The molecular formula is C17H25F2N2O2-. The molecule has 0 saturated carbocycles. The van der Waals surface area contributed by atoms with E-state index in [1.54, 1.807) is 37.3 Å². The largest absolute Gasteiger partial charge is 0.667 e. The maximum atomic E-state index is 14.0. The molecule has 23 heavy (non-hydrogen) atoms. The van der Waals surface area contributed by atoms with Crippen LogP contribution < -0.4 is 5.32 Å². The first-order valence-corrected chi connectivity index (χ1v) is 7.77. The topological polar surface area (TPSA) is 73.1 Å². The van der Waals surface area contributed by atoms with Gasteiger partial charge in [-0.25, -0.2) is 8.78 Å². The zero-order valence-corrected chi connectivity index (χ0v) is 13.6. The van der Waals surface area contributed by atoms with E-state index in [2.05, 4.69) is 5.32 Å². The first kappa shape index (κ1) is 19.5. The Morgan fingerprint density at radius 1 is 1.35 bits per heavy atom. The van der Waals surface area contributed by atoms with E-state index in [9.17, 15) is 18.7 Å². The van der Waals surface area contributed by atoms with Crippen molar-refractivity contribution in [2.75, 3.05) is 6.61 Å². The fourth-order valence-corrected chi connectivity index (χ4v) is 2.48. The second kappa shape index (κ2) is 8.36. The van der Waals surface area contributed by atoms with Crippen LogP contribution in [0.2, 0.25) is 0 Å². The van der Waals surface area contributed by atoms with Crippen molar-refractivity contribution < 1.29 is 18.7 Å². The Morgan fingerprint density at radius 2 is 1.96 bits per heavy atom. The third kappa shape index (κ3) is 6.62. The molecule has 1 amide bonds. The monoisotopic (exact) mass is 327 g/mol. The lowest BCUT2D eigenvalue weighted by atomic mass is 9.95. The van der Waals surface area contributed by atoms with Gasteiger partial charge in [-0.15, -0.1) is 0 Å². The number of benzene rings is 1. The van der Waals surface area contributed by atoms with Crippen molar-refractivity contribution in [1.29, 1.82) is 0 Å². The van der Waals surface area contributed by atoms with Gasteiger partial charge in [0.25, 0.3) is 5.92 Å². The first-order valence-electron chi connectivity index (χ1n) is 7.77. The first-order chi connectivity index (χ1) is 10.7. The van der Waals surface area contributed by atoms with Gasteiger partial charge in [0, 0.05) is 12.8 Å². The summed E-state index contributed by atoms with van der Waals surface area (Å²) in [5, 5.41) is 11.9. The van der Waals surface area contributed by atoms with Crippen LogP contribution in [0.1, 0.15) is 38.7 Å². The molecule has 0 radical (unpaired) electrons. The molecule has 4 nitrogen and oxygen atoms in total. The number of nitrogens with one attached hydrogen (secondary N) is 2. The number of hydrogen-bond acceptors (Lipinski definition) is 2. The van der Waals surface area contributed by atoms with E-state index in [0.717, 1.165) is 6.42 Å². The summed E-state index contributed by atoms with van der Waals surface area (Å²) in [6, 6.07) is 6.71. The van der Waals surface area contributed by atoms with Crippen molar-refractivity contribution in [3.63, 3.8) is 0 Å². The molecule has 0 spiro atoms. The second-order valence-corrected chi connectivity index (χ2v) is 6.23. The predicted octanol–water partition coefficient (Wildman–Crippen LogP) is 3.34. The molecule has 2 atom stereocenters. The van der Waals surface area contributed by atoms with E-state index >= 15 is 0 Å². The Kier molecular flexibility index (Phi) is 7.09. The van der Waals surface area contributed by atoms with Gasteiger partial charge in [-0.1, -0.05) is 49.7 Å². The van der Waals surface area contributed by atoms with Gasteiger partial charge in [0.2, 0.25) is 5.91 Å². The molecule has 0 saturated heterocycles. The van der Waals surface area contributed by atoms with E-state index in [1.165, 1.54) is 0 Å². The van der Waals surface area contributed by atoms with Gasteiger partial charge in [0.15, 0.2) is 0 Å². The zero-order valence-electron chi connectivity index (χ0n) is 13.6. The molecule has 0 fully saturated rings. The second-order valence-electron chi connectivity index (χ2n) is 6.23. The summed E-state index contributed by atoms with van der Waals surface area (Å²) in [5.41, 5.74) is 7.31. The lowest BCUT2D eigenvalue weighted by Gasteiger charge is -2.33. The molecule has 6 heteroatoms. The minimum Gasteiger partial charge on any atom is -0.667 e. The number of aliphatic hydroxyl groups excluding tert-OH is 1. The number of alkyl halides is 2. The highest BCUT2D eigenvalue weighted by molar-refractivity contribution is 5.83. The lowest BCUT2D eigenvalue weighted by Crippen LogP contribution is -2.52. The summed E-state index contributed by atoms with van der Waals surface area (Å²) in [6.07, 6.45) is -0.101. The average molecular weight is 327 g/mol. The molecule has 0 aliphatic carbocycles. The predicted molar refractivity (Wildman–Crippen MR) is 86.4 cm³/mol. The van der Waals surface area contributed by atoms with Gasteiger partial charge >= 0.3 is 0 Å². The fourth-order valence-electron chi connectivity index (χ4n) is 2.48. The Labute approximate surface area is 136 Å². The third-order valence-corrected chi connectivity index (χ3v) is 3.70. The Morgan fingerprint density at radius 3 is 2.48 bits per heavy atom. The molecule has 0 unspecified atom stereocenters. The highest BCUT2D eigenvalue weighted by Gasteiger charge is 2.33. The molecule has 0 aliphatic heterocycles. The van der Waals surface area contributed by atoms with Crippen LogP contribution in [0.4, 0.5) is 8.78 Å². The van der Waals surface area contributed by atoms with Gasteiger partial charge in [0.1, 0.15) is 0 Å². The molecule has 0 heterocycles. The number of amides is 1. The molecular weight excluding hydrogens is 302 g/mol. The summed E-state index contributed by atoms with van der Waals surface area (Å²) in [6.45, 7) is 3.25. The SMILES string of the molecule is CCC[C@@](C)(CO)NC(=O)[C@@H]([NH-])CC(F)(F)Cc1ccccc1. The fraction of sp³-hybridized carbons (Fsp3) is 0.588. The highest BCUT2D eigenvalue weighted by Crippen LogP contribution is 2.27. The molecule has 0 bridgehead atoms. The van der Waals surface area contributed by atoms with E-state index in [4.69, 9.17) is 5.73 Å². The van der Waals surface area contributed by atoms with Crippen LogP contribution >= 0.6 is 0 Å². The number of rotatable bonds is 9. The van der Waals surface area contributed by atoms with Crippen LogP contribution in [0, 0.1) is 0 Å². The number of carbonyl (C=O) groups excluding carboxylic acids is 1. The van der Waals surface area contributed by atoms with Crippen LogP contribution in [0.15, 0.2) is 30.3 Å². The standard InChI is InChI=1S/C17H25F2N2O2/c1-3-9-16(2,12-22)21-15(23)14(20)11-17(18,19)10-13-7-5-4-6-8-13/h4-8,14,20,22H,3,9-12H2,1-2H3,(H,21,23)/q-1/t14-,16-/m0/s1. The van der Waals surface area contributed by atoms with Crippen molar-refractivity contribution in [1.82, 2.24) is 5.32 Å². The number of aliphatic hydroxyl groups is 1. The summed E-state index contributed by atoms with van der Waals surface area (Å²) in [4.78, 5) is 12.0. The summed E-state index contributed by atoms with van der Waals surface area (Å²) < 4.78 is 28.1. The minimum atomic E-state index is -3.13. The van der Waals surface area contributed by atoms with Crippen molar-refractivity contribution >= 4 is 5.91 Å². The van der Waals surface area contributed by atoms with Crippen LogP contribution in [0.3, 0.4) is 0 Å². The normalized spacial score (nSPS) is 15.7. The summed E-state index contributed by atoms with van der Waals surface area (Å²) in [7, 11) is 0. The molecule has 1 aromatic carbocycles. The zero-order chi connectivity index (χ0) is 17.5. The van der Waals surface area contributed by atoms with Gasteiger partial charge < -0.3 is 16.2 Å². The summed E-state index contributed by atoms with van der Waals surface area (Å²) >= 11 is 0. The summed E-state index contributed by atoms with van der Waals surface area (Å²) in [5.74, 6) is -3.91. The Balaban J connectivity index is 2.62. The highest BCUT2D eigenvalue weighted by atomic mass is 19.3. The van der Waals surface area contributed by atoms with Gasteiger partial charge in [-0.05, 0) is 18.9 Å². The smallest absolute Gasteiger partial charge is 0.251 e. The van der Waals surface area contributed by atoms with Gasteiger partial charge in [-0.2, -0.15) is 0 Å². The van der Waals surface area contributed by atoms with Crippen LogP contribution in [0.25, 0.3) is 5.73 Å². The number of hydrogen-bond donors (Lipinski definition) is 2. The maximum absolute atomic E-state index is 14.0. The van der Waals surface area contributed by atoms with E-state index in [1.807, 2.05) is 6.92 Å². The van der Waals surface area contributed by atoms with Crippen molar-refractivity contribution in [3.05, 3.63) is 41.6 Å². The number of carbonyl (C=O) groups is 1. The third-order valence-electron chi connectivity index (χ3n) is 3.70. The van der Waals surface area contributed by atoms with Crippen LogP contribution in [-0.4, -0.2) is 35.1 Å². The Bertz CT molecular complexity index is 497. The quantitative estimate of drug-likeness (QED) is 0.730. The van der Waals surface area contributed by atoms with Crippen LogP contribution in [0.5, 0.6) is 0 Å². The van der Waals surface area contributed by atoms with Crippen molar-refractivity contribution in [2.24, 2.45) is 0 Å². The minimum absolute atomic E-state index is 0.292. The van der Waals surface area contributed by atoms with Crippen LogP contribution in [-0.2, 0) is 11.2 Å². The molecule has 130 valence electrons. The van der Waals surface area contributed by atoms with Crippen molar-refractivity contribution in [3.8, 4) is 0 Å². The Hall–Kier alpha value is -1.53. The molecule has 0 aromatic heterocycles. The van der Waals surface area contributed by atoms with E-state index in [0.29, 0.717) is 12.0 Å². The molecule has 3 N–H and O–H groups in total. The van der Waals surface area contributed by atoms with Gasteiger partial charge in [-0.3, -0.25) is 4.79 Å². The average Bonchev–Trinajstić information content (AvgIpc) is 2.47. The lowest BCUT2D eigenvalue weighted by molar-refractivity contribution is -0.126. The maximum Gasteiger partial charge on any atom is 0.251 e. The van der Waals surface area contributed by atoms with Crippen molar-refractivity contribution in [2.45, 2.75) is 57.0 Å². The molecule has 1 aromatic rings.